The number of hydrogen-bond donors (Lipinski definition) is 1. The molecule has 3 atom stereocenters. The van der Waals surface area contributed by atoms with Crippen molar-refractivity contribution >= 4 is 28.5 Å². The molecule has 3 unspecified atom stereocenters. The third-order valence-electron chi connectivity index (χ3n) is 6.51. The largest absolute Gasteiger partial charge is 0.344 e. The Kier molecular flexibility index (Phi) is 6.83. The summed E-state index contributed by atoms with van der Waals surface area (Å²) < 4.78 is 66.3. The van der Waals surface area contributed by atoms with E-state index in [4.69, 9.17) is 0 Å². The summed E-state index contributed by atoms with van der Waals surface area (Å²) in [6, 6.07) is 11.8. The molecule has 184 valence electrons. The van der Waals surface area contributed by atoms with Crippen LogP contribution in [-0.4, -0.2) is 29.4 Å². The fraction of sp³-hybridized carbons (Fsp3) is 0.435. The number of nitrogens with one attached hydrogen (secondary N) is 1. The predicted molar refractivity (Wildman–Crippen MR) is 124 cm³/mol. The van der Waals surface area contributed by atoms with Crippen LogP contribution in [0.5, 0.6) is 0 Å². The quantitative estimate of drug-likeness (QED) is 0.419. The zero-order valence-electron chi connectivity index (χ0n) is 17.9. The molecule has 2 aliphatic rings. The second-order valence-electron chi connectivity index (χ2n) is 8.74. The zero-order chi connectivity index (χ0) is 23.0. The maximum atomic E-state index is 13.3. The Labute approximate surface area is 196 Å². The summed E-state index contributed by atoms with van der Waals surface area (Å²) in [6.07, 6.45) is 6.27. The number of piperidine rings is 2. The molecule has 4 rings (SSSR count). The van der Waals surface area contributed by atoms with Gasteiger partial charge in [0.15, 0.2) is 0 Å². The monoisotopic (exact) mass is 510 g/mol. The molecular weight excluding hydrogens is 483 g/mol. The Balaban J connectivity index is 0.00000306. The van der Waals surface area contributed by atoms with Gasteiger partial charge in [0.25, 0.3) is 5.91 Å². The first-order valence-electron chi connectivity index (χ1n) is 10.9. The molecule has 2 fully saturated rings. The maximum absolute atomic E-state index is 13.3. The number of benzene rings is 2. The standard InChI is InChI=1S/C23H27F5N2OS.ClH/c24-32(25,26,27,28)20-13-6-10-18(16-20)23(31)29-22(17-8-2-1-3-9-17)21-14-7-12-19-11-4-5-15-30(19)21;/h1-3,6,8-10,13,16,19,21-22H,4-5,7,11-12,14-15H2,(H,29,31);1H. The van der Waals surface area contributed by atoms with Crippen LogP contribution in [-0.2, 0) is 0 Å². The Hall–Kier alpha value is -1.84. The number of halogens is 6. The normalized spacial score (nSPS) is 24.4. The van der Waals surface area contributed by atoms with Crippen molar-refractivity contribution < 1.29 is 24.2 Å². The highest BCUT2D eigenvalue weighted by Crippen LogP contribution is 3.02. The second kappa shape index (κ2) is 8.74. The average Bonchev–Trinajstić information content (AvgIpc) is 2.76. The molecule has 2 aliphatic heterocycles. The fourth-order valence-corrected chi connectivity index (χ4v) is 5.71. The van der Waals surface area contributed by atoms with Gasteiger partial charge in [0, 0.05) is 17.6 Å². The van der Waals surface area contributed by atoms with Gasteiger partial charge in [-0.3, -0.25) is 9.69 Å². The molecule has 2 aromatic rings. The van der Waals surface area contributed by atoms with Gasteiger partial charge in [-0.1, -0.05) is 68.7 Å². The number of nitrogens with zero attached hydrogens (tertiary/aromatic N) is 1. The lowest BCUT2D eigenvalue weighted by Gasteiger charge is -2.48. The Bertz CT molecular complexity index is 988. The first-order chi connectivity index (χ1) is 14.9. The summed E-state index contributed by atoms with van der Waals surface area (Å²) in [6.45, 7) is 0.911. The van der Waals surface area contributed by atoms with Crippen LogP contribution in [0.3, 0.4) is 0 Å². The van der Waals surface area contributed by atoms with Gasteiger partial charge in [0.2, 0.25) is 0 Å². The molecule has 0 aromatic heterocycles. The van der Waals surface area contributed by atoms with Gasteiger partial charge in [-0.25, -0.2) is 0 Å². The minimum Gasteiger partial charge on any atom is -0.344 e. The number of hydrogen-bond acceptors (Lipinski definition) is 2. The van der Waals surface area contributed by atoms with E-state index in [1.165, 1.54) is 0 Å². The lowest BCUT2D eigenvalue weighted by Crippen LogP contribution is -2.54. The molecule has 0 radical (unpaired) electrons. The van der Waals surface area contributed by atoms with Gasteiger partial charge in [0.1, 0.15) is 4.90 Å². The van der Waals surface area contributed by atoms with E-state index in [1.54, 1.807) is 0 Å². The summed E-state index contributed by atoms with van der Waals surface area (Å²) in [4.78, 5) is 13.3. The highest BCUT2D eigenvalue weighted by molar-refractivity contribution is 8.45. The molecule has 2 saturated heterocycles. The van der Waals surface area contributed by atoms with Crippen LogP contribution in [0.4, 0.5) is 19.4 Å². The molecule has 10 heteroatoms. The molecule has 3 nitrogen and oxygen atoms in total. The van der Waals surface area contributed by atoms with E-state index < -0.39 is 32.6 Å². The van der Waals surface area contributed by atoms with E-state index >= 15 is 0 Å². The molecule has 33 heavy (non-hydrogen) atoms. The molecule has 0 spiro atoms. The van der Waals surface area contributed by atoms with Crippen LogP contribution < -0.4 is 5.32 Å². The van der Waals surface area contributed by atoms with Crippen molar-refractivity contribution in [3.8, 4) is 0 Å². The molecule has 2 heterocycles. The van der Waals surface area contributed by atoms with Gasteiger partial charge in [-0.2, -0.15) is 0 Å². The van der Waals surface area contributed by atoms with Crippen molar-refractivity contribution in [3.63, 3.8) is 0 Å². The van der Waals surface area contributed by atoms with Crippen molar-refractivity contribution in [2.75, 3.05) is 6.54 Å². The Morgan fingerprint density at radius 1 is 0.909 bits per heavy atom. The van der Waals surface area contributed by atoms with Crippen molar-refractivity contribution in [1.82, 2.24) is 10.2 Å². The SMILES string of the molecule is Cl.O=C(NC(c1ccccc1)C1CCCC2CCCCN21)c1cccc(S(F)(F)(F)(F)F)c1. The topological polar surface area (TPSA) is 32.3 Å². The van der Waals surface area contributed by atoms with Crippen LogP contribution in [0.1, 0.15) is 60.5 Å². The summed E-state index contributed by atoms with van der Waals surface area (Å²) >= 11 is 0. The smallest absolute Gasteiger partial charge is 0.310 e. The van der Waals surface area contributed by atoms with E-state index in [2.05, 4.69) is 10.2 Å². The van der Waals surface area contributed by atoms with Crippen LogP contribution in [0.2, 0.25) is 0 Å². The second-order valence-corrected chi connectivity index (χ2v) is 11.2. The Morgan fingerprint density at radius 2 is 1.61 bits per heavy atom. The minimum absolute atomic E-state index is 0. The number of amides is 1. The van der Waals surface area contributed by atoms with Gasteiger partial charge in [-0.05, 0) is 56.0 Å². The maximum Gasteiger partial charge on any atom is 0.310 e. The highest BCUT2D eigenvalue weighted by Gasteiger charge is 2.65. The number of rotatable bonds is 5. The first kappa shape index (κ1) is 25.8. The average molecular weight is 511 g/mol. The van der Waals surface area contributed by atoms with Crippen molar-refractivity contribution in [1.29, 1.82) is 0 Å². The lowest BCUT2D eigenvalue weighted by atomic mass is 9.84. The molecule has 0 aliphatic carbocycles. The van der Waals surface area contributed by atoms with Gasteiger partial charge in [-0.15, -0.1) is 12.4 Å². The predicted octanol–water partition coefficient (Wildman–Crippen LogP) is 7.64. The van der Waals surface area contributed by atoms with Crippen molar-refractivity contribution in [2.24, 2.45) is 0 Å². The molecule has 1 N–H and O–H groups in total. The summed E-state index contributed by atoms with van der Waals surface area (Å²) in [5.74, 6) is -0.790. The van der Waals surface area contributed by atoms with Crippen LogP contribution in [0.15, 0.2) is 59.5 Å². The van der Waals surface area contributed by atoms with Crippen molar-refractivity contribution in [3.05, 3.63) is 65.7 Å². The summed E-state index contributed by atoms with van der Waals surface area (Å²) in [5, 5.41) is 2.88. The number of carbonyl (C=O) groups is 1. The molecule has 0 saturated carbocycles. The van der Waals surface area contributed by atoms with E-state index in [0.29, 0.717) is 12.1 Å². The Morgan fingerprint density at radius 3 is 2.30 bits per heavy atom. The number of carbonyl (C=O) groups excluding carboxylic acids is 1. The van der Waals surface area contributed by atoms with E-state index in [-0.39, 0.29) is 24.5 Å². The summed E-state index contributed by atoms with van der Waals surface area (Å²) in [5.41, 5.74) is 0.420. The van der Waals surface area contributed by atoms with Crippen molar-refractivity contribution in [2.45, 2.75) is 61.5 Å². The first-order valence-corrected chi connectivity index (χ1v) is 12.8. The molecule has 1 amide bonds. The van der Waals surface area contributed by atoms with Gasteiger partial charge < -0.3 is 5.32 Å². The lowest BCUT2D eigenvalue weighted by molar-refractivity contribution is 0.0311. The van der Waals surface area contributed by atoms with Gasteiger partial charge >= 0.3 is 10.2 Å². The number of fused-ring (bicyclic) bond motifs is 1. The van der Waals surface area contributed by atoms with Crippen LogP contribution in [0, 0.1) is 0 Å². The molecule has 0 bridgehead atoms. The van der Waals surface area contributed by atoms with E-state index in [9.17, 15) is 24.2 Å². The van der Waals surface area contributed by atoms with Crippen LogP contribution in [0.25, 0.3) is 0 Å². The third-order valence-corrected chi connectivity index (χ3v) is 7.65. The van der Waals surface area contributed by atoms with E-state index in [1.807, 2.05) is 30.3 Å². The zero-order valence-corrected chi connectivity index (χ0v) is 19.6. The fourth-order valence-electron chi connectivity index (χ4n) is 5.02. The van der Waals surface area contributed by atoms with E-state index in [0.717, 1.165) is 62.8 Å². The summed E-state index contributed by atoms with van der Waals surface area (Å²) in [7, 11) is -9.88. The highest BCUT2D eigenvalue weighted by atomic mass is 35.5. The molecular formula is C23H28ClF5N2OS. The third kappa shape index (κ3) is 6.00. The van der Waals surface area contributed by atoms with Crippen LogP contribution >= 0.6 is 22.6 Å². The molecule has 2 aromatic carbocycles. The minimum atomic E-state index is -9.88. The van der Waals surface area contributed by atoms with Gasteiger partial charge in [0.05, 0.1) is 6.04 Å².